The Balaban J connectivity index is 1.34. The number of nitrogens with one attached hydrogen (secondary N) is 1. The number of nitrogens with zero attached hydrogens (tertiary/aromatic N) is 2. The molecule has 0 unspecified atom stereocenters. The summed E-state index contributed by atoms with van der Waals surface area (Å²) in [5, 5.41) is 3.04. The topological polar surface area (TPSA) is 55.7 Å². The molecule has 37 heavy (non-hydrogen) atoms. The van der Waals surface area contributed by atoms with E-state index in [1.165, 1.54) is 0 Å². The van der Waals surface area contributed by atoms with Gasteiger partial charge in [-0.25, -0.2) is 0 Å². The van der Waals surface area contributed by atoms with Gasteiger partial charge in [-0.3, -0.25) is 14.3 Å². The Kier molecular flexibility index (Phi) is 6.47. The number of hydrogen-bond acceptors (Lipinski definition) is 5. The number of halogens is 6. The number of fused-ring (bicyclic) bond motifs is 2. The molecule has 3 heterocycles. The van der Waals surface area contributed by atoms with Crippen molar-refractivity contribution >= 4 is 16.6 Å². The number of pyridine rings is 1. The van der Waals surface area contributed by atoms with Gasteiger partial charge >= 0.3 is 12.4 Å². The number of rotatable bonds is 5. The quantitative estimate of drug-likeness (QED) is 0.451. The lowest BCUT2D eigenvalue weighted by atomic mass is 10.0. The molecule has 2 aliphatic heterocycles. The molecule has 0 bridgehead atoms. The summed E-state index contributed by atoms with van der Waals surface area (Å²) in [6, 6.07) is 8.92. The summed E-state index contributed by atoms with van der Waals surface area (Å²) in [7, 11) is 0. The lowest BCUT2D eigenvalue weighted by molar-refractivity contribution is -0.140. The molecule has 1 aromatic heterocycles. The normalized spacial score (nSPS) is 16.9. The fraction of sp³-hybridized carbons (Fsp3) is 0.400. The molecule has 6 nitrogen and oxygen atoms in total. The zero-order valence-electron chi connectivity index (χ0n) is 19.5. The van der Waals surface area contributed by atoms with Gasteiger partial charge in [0.05, 0.1) is 11.1 Å². The summed E-state index contributed by atoms with van der Waals surface area (Å²) in [5.74, 6) is 1.39. The van der Waals surface area contributed by atoms with Crippen molar-refractivity contribution < 1.29 is 35.8 Å². The van der Waals surface area contributed by atoms with E-state index in [4.69, 9.17) is 9.47 Å². The second kappa shape index (κ2) is 9.47. The minimum atomic E-state index is -4.71. The molecule has 0 amide bonds. The lowest BCUT2D eigenvalue weighted by Gasteiger charge is -2.33. The summed E-state index contributed by atoms with van der Waals surface area (Å²) in [6.45, 7) is 0.642. The van der Waals surface area contributed by atoms with Crippen LogP contribution >= 0.6 is 0 Å². The van der Waals surface area contributed by atoms with Gasteiger partial charge in [-0.2, -0.15) is 26.3 Å². The van der Waals surface area contributed by atoms with Crippen molar-refractivity contribution in [1.82, 2.24) is 9.47 Å². The van der Waals surface area contributed by atoms with Gasteiger partial charge in [0.2, 0.25) is 6.79 Å². The first-order valence-corrected chi connectivity index (χ1v) is 11.7. The fourth-order valence-electron chi connectivity index (χ4n) is 4.78. The minimum absolute atomic E-state index is 0.0820. The van der Waals surface area contributed by atoms with Gasteiger partial charge in [0.25, 0.3) is 5.56 Å². The van der Waals surface area contributed by atoms with Crippen molar-refractivity contribution in [2.75, 3.05) is 25.2 Å². The van der Waals surface area contributed by atoms with Crippen molar-refractivity contribution in [2.45, 2.75) is 44.3 Å². The molecule has 0 spiro atoms. The highest BCUT2D eigenvalue weighted by Crippen LogP contribution is 2.35. The van der Waals surface area contributed by atoms with Gasteiger partial charge in [0, 0.05) is 42.8 Å². The van der Waals surface area contributed by atoms with Gasteiger partial charge in [0.15, 0.2) is 11.5 Å². The second-order valence-electron chi connectivity index (χ2n) is 9.21. The van der Waals surface area contributed by atoms with Gasteiger partial charge < -0.3 is 14.8 Å². The van der Waals surface area contributed by atoms with Crippen LogP contribution in [0.15, 0.2) is 47.3 Å². The van der Waals surface area contributed by atoms with E-state index in [2.05, 4.69) is 10.2 Å². The molecule has 198 valence electrons. The van der Waals surface area contributed by atoms with Gasteiger partial charge in [-0.1, -0.05) is 6.07 Å². The van der Waals surface area contributed by atoms with Crippen LogP contribution in [-0.2, 0) is 19.3 Å². The first-order valence-electron chi connectivity index (χ1n) is 11.7. The van der Waals surface area contributed by atoms with Crippen LogP contribution in [0.4, 0.5) is 32.0 Å². The standard InChI is InChI=1S/C25H23F6N3O3/c26-24(27,28)13-34-20-3-2-16(25(29,30)31)10-18(20)19(11-23(34)35)32-17-5-7-33(8-6-17)12-15-1-4-21-22(9-15)37-14-36-21/h1-4,9-11,17,32H,5-8,12-14H2. The number of benzene rings is 2. The Bertz CT molecular complexity index is 1360. The largest absolute Gasteiger partial charge is 0.454 e. The maximum Gasteiger partial charge on any atom is 0.416 e. The monoisotopic (exact) mass is 527 g/mol. The van der Waals surface area contributed by atoms with Gasteiger partial charge in [-0.05, 0) is 48.7 Å². The highest BCUT2D eigenvalue weighted by molar-refractivity contribution is 5.92. The number of likely N-dealkylation sites (tertiary alicyclic amines) is 1. The van der Waals surface area contributed by atoms with E-state index >= 15 is 0 Å². The number of anilines is 1. The maximum atomic E-state index is 13.4. The molecular weight excluding hydrogens is 504 g/mol. The SMILES string of the molecule is O=c1cc(NC2CCN(Cc3ccc4c(c3)OCO4)CC2)c2cc(C(F)(F)F)ccc2n1CC(F)(F)F. The molecule has 0 radical (unpaired) electrons. The van der Waals surface area contributed by atoms with E-state index in [1.807, 2.05) is 18.2 Å². The molecule has 12 heteroatoms. The third kappa shape index (κ3) is 5.63. The van der Waals surface area contributed by atoms with Crippen molar-refractivity contribution in [2.24, 2.45) is 0 Å². The number of piperidine rings is 1. The van der Waals surface area contributed by atoms with Crippen molar-refractivity contribution in [3.05, 3.63) is 63.9 Å². The van der Waals surface area contributed by atoms with E-state index in [0.29, 0.717) is 54.6 Å². The van der Waals surface area contributed by atoms with E-state index in [-0.39, 0.29) is 29.4 Å². The molecule has 1 saturated heterocycles. The second-order valence-corrected chi connectivity index (χ2v) is 9.21. The first-order chi connectivity index (χ1) is 17.5. The molecule has 5 rings (SSSR count). The Morgan fingerprint density at radius 3 is 2.35 bits per heavy atom. The summed E-state index contributed by atoms with van der Waals surface area (Å²) in [5.41, 5.74) is -1.000. The number of alkyl halides is 6. The Morgan fingerprint density at radius 1 is 0.919 bits per heavy atom. The molecule has 3 aromatic rings. The third-order valence-electron chi connectivity index (χ3n) is 6.57. The average molecular weight is 527 g/mol. The summed E-state index contributed by atoms with van der Waals surface area (Å²) < 4.78 is 90.5. The number of aromatic nitrogens is 1. The zero-order valence-corrected chi connectivity index (χ0v) is 19.5. The highest BCUT2D eigenvalue weighted by Gasteiger charge is 2.33. The Morgan fingerprint density at radius 2 is 1.65 bits per heavy atom. The van der Waals surface area contributed by atoms with Crippen LogP contribution in [-0.4, -0.2) is 41.6 Å². The van der Waals surface area contributed by atoms with Crippen LogP contribution < -0.4 is 20.3 Å². The Labute approximate surface area is 207 Å². The van der Waals surface area contributed by atoms with Gasteiger partial charge in [0.1, 0.15) is 6.54 Å². The highest BCUT2D eigenvalue weighted by atomic mass is 19.4. The summed E-state index contributed by atoms with van der Waals surface area (Å²) >= 11 is 0. The lowest BCUT2D eigenvalue weighted by Crippen LogP contribution is -2.39. The van der Waals surface area contributed by atoms with Crippen LogP contribution in [0.5, 0.6) is 11.5 Å². The van der Waals surface area contributed by atoms with Crippen LogP contribution in [0.25, 0.3) is 10.9 Å². The predicted molar refractivity (Wildman–Crippen MR) is 124 cm³/mol. The van der Waals surface area contributed by atoms with E-state index in [0.717, 1.165) is 23.8 Å². The maximum absolute atomic E-state index is 13.4. The molecular formula is C25H23F6N3O3. The Hall–Kier alpha value is -3.41. The number of ether oxygens (including phenoxy) is 2. The van der Waals surface area contributed by atoms with Crippen molar-refractivity contribution in [3.63, 3.8) is 0 Å². The molecule has 2 aromatic carbocycles. The summed E-state index contributed by atoms with van der Waals surface area (Å²) in [6.07, 6.45) is -8.12. The fourth-order valence-corrected chi connectivity index (χ4v) is 4.78. The smallest absolute Gasteiger partial charge is 0.416 e. The van der Waals surface area contributed by atoms with E-state index in [9.17, 15) is 31.1 Å². The molecule has 1 N–H and O–H groups in total. The van der Waals surface area contributed by atoms with Crippen LogP contribution in [0.2, 0.25) is 0 Å². The van der Waals surface area contributed by atoms with E-state index < -0.39 is 30.0 Å². The average Bonchev–Trinajstić information content (AvgIpc) is 3.29. The molecule has 0 atom stereocenters. The van der Waals surface area contributed by atoms with Gasteiger partial charge in [-0.15, -0.1) is 0 Å². The molecule has 0 aliphatic carbocycles. The van der Waals surface area contributed by atoms with Crippen LogP contribution in [0.1, 0.15) is 24.0 Å². The van der Waals surface area contributed by atoms with Crippen molar-refractivity contribution in [1.29, 1.82) is 0 Å². The first kappa shape index (κ1) is 25.2. The minimum Gasteiger partial charge on any atom is -0.454 e. The zero-order chi connectivity index (χ0) is 26.4. The summed E-state index contributed by atoms with van der Waals surface area (Å²) in [4.78, 5) is 14.8. The van der Waals surface area contributed by atoms with Crippen molar-refractivity contribution in [3.8, 4) is 11.5 Å². The number of hydrogen-bond donors (Lipinski definition) is 1. The molecule has 0 saturated carbocycles. The van der Waals surface area contributed by atoms with Crippen LogP contribution in [0.3, 0.4) is 0 Å². The third-order valence-corrected chi connectivity index (χ3v) is 6.57. The predicted octanol–water partition coefficient (Wildman–Crippen LogP) is 5.39. The van der Waals surface area contributed by atoms with Crippen LogP contribution in [0, 0.1) is 0 Å². The molecule has 1 fully saturated rings. The molecule has 2 aliphatic rings. The van der Waals surface area contributed by atoms with E-state index in [1.54, 1.807) is 0 Å².